The maximum Gasteiger partial charge on any atom is 0.123 e. The molecule has 0 aliphatic heterocycles. The predicted octanol–water partition coefficient (Wildman–Crippen LogP) is 5.79. The van der Waals surface area contributed by atoms with Gasteiger partial charge in [0.1, 0.15) is 11.6 Å². The second-order valence-electron chi connectivity index (χ2n) is 7.93. The second kappa shape index (κ2) is 5.42. The highest BCUT2D eigenvalue weighted by atomic mass is 19.1. The van der Waals surface area contributed by atoms with Gasteiger partial charge in [0.05, 0.1) is 0 Å². The zero-order valence-electron chi connectivity index (χ0n) is 14.3. The van der Waals surface area contributed by atoms with E-state index in [0.717, 1.165) is 22.3 Å². The van der Waals surface area contributed by atoms with Gasteiger partial charge in [0.25, 0.3) is 0 Å². The summed E-state index contributed by atoms with van der Waals surface area (Å²) in [5.41, 5.74) is 3.46. The Hall–Kier alpha value is -1.83. The van der Waals surface area contributed by atoms with E-state index in [2.05, 4.69) is 41.5 Å². The molecule has 22 heavy (non-hydrogen) atoms. The summed E-state index contributed by atoms with van der Waals surface area (Å²) >= 11 is 0. The molecule has 0 amide bonds. The van der Waals surface area contributed by atoms with Crippen molar-refractivity contribution in [1.29, 1.82) is 0 Å². The first-order chi connectivity index (χ1) is 10.00. The third kappa shape index (κ3) is 3.32. The predicted molar refractivity (Wildman–Crippen MR) is 90.9 cm³/mol. The molecule has 0 aromatic heterocycles. The Balaban J connectivity index is 2.73. The summed E-state index contributed by atoms with van der Waals surface area (Å²) in [6.07, 6.45) is 0. The number of rotatable bonds is 1. The molecule has 0 fully saturated rings. The lowest BCUT2D eigenvalue weighted by atomic mass is 9.78. The lowest BCUT2D eigenvalue weighted by molar-refractivity contribution is 0.423. The molecule has 0 radical (unpaired) electrons. The van der Waals surface area contributed by atoms with Crippen molar-refractivity contribution in [3.63, 3.8) is 0 Å². The van der Waals surface area contributed by atoms with Crippen LogP contribution in [0.3, 0.4) is 0 Å². The molecule has 0 saturated carbocycles. The quantitative estimate of drug-likeness (QED) is 0.706. The molecule has 0 heterocycles. The SMILES string of the molecule is CC(C)(C)c1cc(-c2ccc(F)cc2)cc(C(C)(C)C)c1O. The summed E-state index contributed by atoms with van der Waals surface area (Å²) < 4.78 is 13.2. The van der Waals surface area contributed by atoms with E-state index in [0.29, 0.717) is 5.75 Å². The fraction of sp³-hybridized carbons (Fsp3) is 0.400. The standard InChI is InChI=1S/C20H25FO/c1-19(2,3)16-11-14(13-7-9-15(21)10-8-13)12-17(18(16)22)20(4,5)6/h7-12,22H,1-6H3. The molecule has 0 atom stereocenters. The monoisotopic (exact) mass is 300 g/mol. The van der Waals surface area contributed by atoms with Crippen LogP contribution in [0.5, 0.6) is 5.75 Å². The molecule has 0 bridgehead atoms. The normalized spacial score (nSPS) is 12.5. The van der Waals surface area contributed by atoms with Crippen LogP contribution in [0.1, 0.15) is 52.7 Å². The highest BCUT2D eigenvalue weighted by Gasteiger charge is 2.26. The molecule has 0 aliphatic carbocycles. The summed E-state index contributed by atoms with van der Waals surface area (Å²) in [4.78, 5) is 0. The van der Waals surface area contributed by atoms with E-state index in [4.69, 9.17) is 0 Å². The van der Waals surface area contributed by atoms with Crippen molar-refractivity contribution in [2.24, 2.45) is 0 Å². The Kier molecular flexibility index (Phi) is 4.08. The van der Waals surface area contributed by atoms with Gasteiger partial charge in [0, 0.05) is 11.1 Å². The Bertz CT molecular complexity index is 635. The maximum absolute atomic E-state index is 13.2. The van der Waals surface area contributed by atoms with Crippen LogP contribution < -0.4 is 0 Å². The minimum atomic E-state index is -0.241. The summed E-state index contributed by atoms with van der Waals surface area (Å²) in [6.45, 7) is 12.5. The molecule has 1 nitrogen and oxygen atoms in total. The lowest BCUT2D eigenvalue weighted by Gasteiger charge is -2.28. The Morgan fingerprint density at radius 2 is 1.14 bits per heavy atom. The second-order valence-corrected chi connectivity index (χ2v) is 7.93. The van der Waals surface area contributed by atoms with Crippen molar-refractivity contribution >= 4 is 0 Å². The van der Waals surface area contributed by atoms with Gasteiger partial charge in [-0.05, 0) is 46.2 Å². The fourth-order valence-corrected chi connectivity index (χ4v) is 2.59. The van der Waals surface area contributed by atoms with Crippen LogP contribution in [0.15, 0.2) is 36.4 Å². The highest BCUT2D eigenvalue weighted by Crippen LogP contribution is 2.41. The van der Waals surface area contributed by atoms with E-state index in [1.54, 1.807) is 12.1 Å². The molecular weight excluding hydrogens is 275 g/mol. The van der Waals surface area contributed by atoms with Crippen LogP contribution in [-0.2, 0) is 10.8 Å². The van der Waals surface area contributed by atoms with Crippen molar-refractivity contribution in [3.8, 4) is 16.9 Å². The van der Waals surface area contributed by atoms with Crippen LogP contribution in [0.2, 0.25) is 0 Å². The molecule has 0 saturated heterocycles. The van der Waals surface area contributed by atoms with Gasteiger partial charge in [-0.1, -0.05) is 53.7 Å². The summed E-state index contributed by atoms with van der Waals surface area (Å²) in [7, 11) is 0. The fourth-order valence-electron chi connectivity index (χ4n) is 2.59. The van der Waals surface area contributed by atoms with Gasteiger partial charge < -0.3 is 5.11 Å². The van der Waals surface area contributed by atoms with Crippen LogP contribution in [0.25, 0.3) is 11.1 Å². The number of hydrogen-bond donors (Lipinski definition) is 1. The molecule has 0 spiro atoms. The summed E-state index contributed by atoms with van der Waals surface area (Å²) in [5.74, 6) is 0.125. The van der Waals surface area contributed by atoms with Crippen LogP contribution in [0, 0.1) is 5.82 Å². The average molecular weight is 300 g/mol. The van der Waals surface area contributed by atoms with Crippen molar-refractivity contribution < 1.29 is 9.50 Å². The average Bonchev–Trinajstić information content (AvgIpc) is 2.37. The van der Waals surface area contributed by atoms with Crippen molar-refractivity contribution in [3.05, 3.63) is 53.3 Å². The third-order valence-corrected chi connectivity index (χ3v) is 3.90. The Morgan fingerprint density at radius 3 is 1.50 bits per heavy atom. The molecule has 2 rings (SSSR count). The molecule has 118 valence electrons. The zero-order valence-corrected chi connectivity index (χ0v) is 14.3. The maximum atomic E-state index is 13.2. The molecule has 2 heteroatoms. The first-order valence-corrected chi connectivity index (χ1v) is 7.64. The Morgan fingerprint density at radius 1 is 0.727 bits per heavy atom. The van der Waals surface area contributed by atoms with E-state index in [1.807, 2.05) is 12.1 Å². The van der Waals surface area contributed by atoms with E-state index in [-0.39, 0.29) is 16.6 Å². The van der Waals surface area contributed by atoms with E-state index < -0.39 is 0 Å². The van der Waals surface area contributed by atoms with Gasteiger partial charge in [0.15, 0.2) is 0 Å². The van der Waals surface area contributed by atoms with Crippen molar-refractivity contribution in [1.82, 2.24) is 0 Å². The molecule has 1 N–H and O–H groups in total. The number of hydrogen-bond acceptors (Lipinski definition) is 1. The zero-order chi connectivity index (χ0) is 16.7. The number of halogens is 1. The largest absolute Gasteiger partial charge is 0.507 e. The van der Waals surface area contributed by atoms with E-state index in [1.165, 1.54) is 12.1 Å². The number of benzene rings is 2. The van der Waals surface area contributed by atoms with Gasteiger partial charge in [-0.2, -0.15) is 0 Å². The third-order valence-electron chi connectivity index (χ3n) is 3.90. The number of aromatic hydroxyl groups is 1. The van der Waals surface area contributed by atoms with Gasteiger partial charge in [0.2, 0.25) is 0 Å². The van der Waals surface area contributed by atoms with Gasteiger partial charge >= 0.3 is 0 Å². The van der Waals surface area contributed by atoms with Crippen molar-refractivity contribution in [2.45, 2.75) is 52.4 Å². The minimum absolute atomic E-state index is 0.167. The van der Waals surface area contributed by atoms with E-state index >= 15 is 0 Å². The number of phenolic OH excluding ortho intramolecular Hbond substituents is 1. The summed E-state index contributed by atoms with van der Waals surface area (Å²) in [6, 6.07) is 10.5. The molecular formula is C20H25FO. The highest BCUT2D eigenvalue weighted by molar-refractivity contribution is 5.69. The Labute approximate surface area is 132 Å². The molecule has 2 aromatic carbocycles. The minimum Gasteiger partial charge on any atom is -0.507 e. The van der Waals surface area contributed by atoms with Gasteiger partial charge in [-0.15, -0.1) is 0 Å². The number of phenols is 1. The topological polar surface area (TPSA) is 20.2 Å². The lowest BCUT2D eigenvalue weighted by Crippen LogP contribution is -2.17. The first kappa shape index (κ1) is 16.5. The smallest absolute Gasteiger partial charge is 0.123 e. The van der Waals surface area contributed by atoms with Crippen LogP contribution in [0.4, 0.5) is 4.39 Å². The summed E-state index contributed by atoms with van der Waals surface area (Å²) in [5, 5.41) is 10.7. The molecule has 2 aromatic rings. The van der Waals surface area contributed by atoms with E-state index in [9.17, 15) is 9.50 Å². The molecule has 0 unspecified atom stereocenters. The first-order valence-electron chi connectivity index (χ1n) is 7.64. The van der Waals surface area contributed by atoms with Crippen LogP contribution in [-0.4, -0.2) is 5.11 Å². The van der Waals surface area contributed by atoms with Gasteiger partial charge in [-0.25, -0.2) is 4.39 Å². The van der Waals surface area contributed by atoms with Gasteiger partial charge in [-0.3, -0.25) is 0 Å². The molecule has 0 aliphatic rings. The van der Waals surface area contributed by atoms with Crippen LogP contribution >= 0.6 is 0 Å². The van der Waals surface area contributed by atoms with Crippen molar-refractivity contribution in [2.75, 3.05) is 0 Å².